The van der Waals surface area contributed by atoms with Gasteiger partial charge in [-0.1, -0.05) is 0 Å². The fourth-order valence-electron chi connectivity index (χ4n) is 1.87. The van der Waals surface area contributed by atoms with Gasteiger partial charge in [0.25, 0.3) is 5.91 Å². The van der Waals surface area contributed by atoms with Gasteiger partial charge in [-0.2, -0.15) is 10.2 Å². The number of aromatic nitrogens is 4. The Balaban J connectivity index is 1.69. The molecule has 0 saturated heterocycles. The van der Waals surface area contributed by atoms with Crippen LogP contribution in [0.25, 0.3) is 5.69 Å². The van der Waals surface area contributed by atoms with Crippen molar-refractivity contribution >= 4 is 11.6 Å². The summed E-state index contributed by atoms with van der Waals surface area (Å²) in [6, 6.07) is 10.7. The first-order valence-corrected chi connectivity index (χ1v) is 6.40. The molecule has 3 aromatic rings. The molecule has 1 amide bonds. The molecule has 21 heavy (non-hydrogen) atoms. The first-order chi connectivity index (χ1) is 10.2. The van der Waals surface area contributed by atoms with E-state index in [1.165, 1.54) is 0 Å². The van der Waals surface area contributed by atoms with Gasteiger partial charge in [0.1, 0.15) is 0 Å². The predicted molar refractivity (Wildman–Crippen MR) is 77.7 cm³/mol. The normalized spacial score (nSPS) is 10.5. The lowest BCUT2D eigenvalue weighted by Crippen LogP contribution is -2.23. The molecule has 2 heterocycles. The third-order valence-corrected chi connectivity index (χ3v) is 2.98. The number of H-pyrrole nitrogens is 1. The van der Waals surface area contributed by atoms with Crippen LogP contribution in [0.1, 0.15) is 16.2 Å². The SMILES string of the molecule is Nc1ccc(-n2ccc(C(=O)NCc3ccn[nH]3)n2)cc1. The Morgan fingerprint density at radius 1 is 1.24 bits per heavy atom. The molecule has 7 nitrogen and oxygen atoms in total. The van der Waals surface area contributed by atoms with E-state index in [0.717, 1.165) is 11.4 Å². The van der Waals surface area contributed by atoms with Crippen molar-refractivity contribution in [3.05, 3.63) is 60.2 Å². The van der Waals surface area contributed by atoms with E-state index in [-0.39, 0.29) is 5.91 Å². The number of benzene rings is 1. The maximum Gasteiger partial charge on any atom is 0.272 e. The van der Waals surface area contributed by atoms with Crippen molar-refractivity contribution in [2.45, 2.75) is 6.54 Å². The molecule has 4 N–H and O–H groups in total. The maximum atomic E-state index is 12.0. The van der Waals surface area contributed by atoms with Crippen molar-refractivity contribution in [2.24, 2.45) is 0 Å². The topological polar surface area (TPSA) is 102 Å². The Labute approximate surface area is 120 Å². The molecule has 0 radical (unpaired) electrons. The summed E-state index contributed by atoms with van der Waals surface area (Å²) in [5.41, 5.74) is 8.36. The van der Waals surface area contributed by atoms with Crippen LogP contribution in [0.4, 0.5) is 5.69 Å². The van der Waals surface area contributed by atoms with Gasteiger partial charge in [-0.25, -0.2) is 4.68 Å². The van der Waals surface area contributed by atoms with E-state index in [2.05, 4.69) is 20.6 Å². The quantitative estimate of drug-likeness (QED) is 0.624. The summed E-state index contributed by atoms with van der Waals surface area (Å²) in [6.07, 6.45) is 3.37. The molecule has 0 bridgehead atoms. The predicted octanol–water partition coefficient (Wildman–Crippen LogP) is 1.11. The largest absolute Gasteiger partial charge is 0.399 e. The Bertz CT molecular complexity index is 729. The van der Waals surface area contributed by atoms with E-state index in [4.69, 9.17) is 5.73 Å². The summed E-state index contributed by atoms with van der Waals surface area (Å²) in [5, 5.41) is 13.6. The molecule has 0 unspecified atom stereocenters. The summed E-state index contributed by atoms with van der Waals surface area (Å²) in [4.78, 5) is 12.0. The molecule has 1 aromatic carbocycles. The Morgan fingerprint density at radius 3 is 2.76 bits per heavy atom. The highest BCUT2D eigenvalue weighted by Gasteiger charge is 2.10. The minimum Gasteiger partial charge on any atom is -0.399 e. The van der Waals surface area contributed by atoms with E-state index in [0.29, 0.717) is 17.9 Å². The van der Waals surface area contributed by atoms with Gasteiger partial charge in [0, 0.05) is 18.1 Å². The van der Waals surface area contributed by atoms with Gasteiger partial charge in [0.2, 0.25) is 0 Å². The number of carbonyl (C=O) groups is 1. The Kier molecular flexibility index (Phi) is 3.38. The van der Waals surface area contributed by atoms with Gasteiger partial charge in [-0.3, -0.25) is 9.89 Å². The molecular weight excluding hydrogens is 268 g/mol. The minimum absolute atomic E-state index is 0.237. The number of hydrogen-bond acceptors (Lipinski definition) is 4. The molecule has 0 atom stereocenters. The summed E-state index contributed by atoms with van der Waals surface area (Å²) in [5.74, 6) is -0.237. The van der Waals surface area contributed by atoms with Crippen LogP contribution in [-0.2, 0) is 6.54 Å². The van der Waals surface area contributed by atoms with Crippen LogP contribution in [0.2, 0.25) is 0 Å². The summed E-state index contributed by atoms with van der Waals surface area (Å²) < 4.78 is 1.63. The number of aromatic amines is 1. The Hall–Kier alpha value is -3.09. The van der Waals surface area contributed by atoms with Crippen molar-refractivity contribution in [2.75, 3.05) is 5.73 Å². The van der Waals surface area contributed by atoms with Crippen molar-refractivity contribution < 1.29 is 4.79 Å². The van der Waals surface area contributed by atoms with E-state index < -0.39 is 0 Å². The fourth-order valence-corrected chi connectivity index (χ4v) is 1.87. The van der Waals surface area contributed by atoms with Crippen LogP contribution in [-0.4, -0.2) is 25.9 Å². The van der Waals surface area contributed by atoms with Crippen LogP contribution >= 0.6 is 0 Å². The summed E-state index contributed by atoms with van der Waals surface area (Å²) in [6.45, 7) is 0.383. The number of amides is 1. The summed E-state index contributed by atoms with van der Waals surface area (Å²) >= 11 is 0. The van der Waals surface area contributed by atoms with Gasteiger partial charge >= 0.3 is 0 Å². The highest BCUT2D eigenvalue weighted by molar-refractivity contribution is 5.92. The zero-order valence-electron chi connectivity index (χ0n) is 11.2. The molecule has 7 heteroatoms. The second-order valence-electron chi connectivity index (χ2n) is 4.50. The second-order valence-corrected chi connectivity index (χ2v) is 4.50. The van der Waals surface area contributed by atoms with Gasteiger partial charge in [-0.15, -0.1) is 0 Å². The van der Waals surface area contributed by atoms with Crippen LogP contribution in [0.3, 0.4) is 0 Å². The third kappa shape index (κ3) is 2.92. The molecule has 0 aliphatic rings. The number of anilines is 1. The van der Waals surface area contributed by atoms with Gasteiger partial charge < -0.3 is 11.1 Å². The van der Waals surface area contributed by atoms with Crippen molar-refractivity contribution in [1.29, 1.82) is 0 Å². The van der Waals surface area contributed by atoms with E-state index in [1.807, 2.05) is 12.1 Å². The van der Waals surface area contributed by atoms with Gasteiger partial charge in [-0.05, 0) is 36.4 Å². The van der Waals surface area contributed by atoms with E-state index >= 15 is 0 Å². The number of nitrogen functional groups attached to an aromatic ring is 1. The second kappa shape index (κ2) is 5.49. The average Bonchev–Trinajstić information content (AvgIpc) is 3.17. The minimum atomic E-state index is -0.237. The Morgan fingerprint density at radius 2 is 2.05 bits per heavy atom. The lowest BCUT2D eigenvalue weighted by Gasteiger charge is -2.02. The fraction of sp³-hybridized carbons (Fsp3) is 0.0714. The number of hydrogen-bond donors (Lipinski definition) is 3. The molecule has 0 spiro atoms. The number of nitrogens with two attached hydrogens (primary N) is 1. The number of nitrogens with one attached hydrogen (secondary N) is 2. The first-order valence-electron chi connectivity index (χ1n) is 6.40. The number of carbonyl (C=O) groups excluding carboxylic acids is 1. The van der Waals surface area contributed by atoms with Crippen molar-refractivity contribution in [3.8, 4) is 5.69 Å². The van der Waals surface area contributed by atoms with Crippen LogP contribution < -0.4 is 11.1 Å². The molecule has 0 saturated carbocycles. The van der Waals surface area contributed by atoms with Gasteiger partial charge in [0.15, 0.2) is 5.69 Å². The number of rotatable bonds is 4. The molecule has 0 fully saturated rings. The molecular formula is C14H14N6O. The van der Waals surface area contributed by atoms with Crippen LogP contribution in [0, 0.1) is 0 Å². The summed E-state index contributed by atoms with van der Waals surface area (Å²) in [7, 11) is 0. The smallest absolute Gasteiger partial charge is 0.272 e. The van der Waals surface area contributed by atoms with E-state index in [9.17, 15) is 4.79 Å². The molecule has 2 aromatic heterocycles. The highest BCUT2D eigenvalue weighted by atomic mass is 16.1. The lowest BCUT2D eigenvalue weighted by atomic mass is 10.3. The van der Waals surface area contributed by atoms with Crippen molar-refractivity contribution in [3.63, 3.8) is 0 Å². The average molecular weight is 282 g/mol. The van der Waals surface area contributed by atoms with Crippen molar-refractivity contribution in [1.82, 2.24) is 25.3 Å². The zero-order chi connectivity index (χ0) is 14.7. The molecule has 0 aliphatic carbocycles. The third-order valence-electron chi connectivity index (χ3n) is 2.98. The number of nitrogens with zero attached hydrogens (tertiary/aromatic N) is 3. The zero-order valence-corrected chi connectivity index (χ0v) is 11.2. The standard InChI is InChI=1S/C14H14N6O/c15-10-1-3-12(4-2-10)20-8-6-13(19-20)14(21)16-9-11-5-7-17-18-11/h1-8H,9,15H2,(H,16,21)(H,17,18). The maximum absolute atomic E-state index is 12.0. The van der Waals surface area contributed by atoms with E-state index in [1.54, 1.807) is 41.3 Å². The first kappa shape index (κ1) is 12.9. The molecule has 3 rings (SSSR count). The van der Waals surface area contributed by atoms with Gasteiger partial charge in [0.05, 0.1) is 17.9 Å². The molecule has 0 aliphatic heterocycles. The highest BCUT2D eigenvalue weighted by Crippen LogP contribution is 2.10. The molecule has 106 valence electrons. The monoisotopic (exact) mass is 282 g/mol. The van der Waals surface area contributed by atoms with Crippen LogP contribution in [0.15, 0.2) is 48.8 Å². The van der Waals surface area contributed by atoms with Crippen LogP contribution in [0.5, 0.6) is 0 Å². The lowest BCUT2D eigenvalue weighted by molar-refractivity contribution is 0.0945.